The molecule has 0 spiro atoms. The lowest BCUT2D eigenvalue weighted by Crippen LogP contribution is -2.05. The van der Waals surface area contributed by atoms with Crippen LogP contribution in [0.2, 0.25) is 0 Å². The van der Waals surface area contributed by atoms with Crippen molar-refractivity contribution in [2.45, 2.75) is 13.1 Å². The highest BCUT2D eigenvalue weighted by molar-refractivity contribution is 5.20. The zero-order valence-electron chi connectivity index (χ0n) is 7.93. The molecule has 15 heavy (non-hydrogen) atoms. The number of pyridine rings is 1. The number of hydrogen-bond donors (Lipinski definition) is 0. The first-order valence-corrected chi connectivity index (χ1v) is 4.09. The Balaban J connectivity index is 2.67. The predicted molar refractivity (Wildman–Crippen MR) is 48.2 cm³/mol. The summed E-state index contributed by atoms with van der Waals surface area (Å²) in [6.45, 7) is 1.76. The molecule has 0 atom stereocenters. The van der Waals surface area contributed by atoms with Crippen molar-refractivity contribution in [3.63, 3.8) is 0 Å². The van der Waals surface area contributed by atoms with Crippen LogP contribution >= 0.6 is 0 Å². The van der Waals surface area contributed by atoms with Crippen molar-refractivity contribution in [2.24, 2.45) is 0 Å². The van der Waals surface area contributed by atoms with Crippen LogP contribution in [0.3, 0.4) is 0 Å². The molecule has 1 heterocycles. The van der Waals surface area contributed by atoms with Crippen LogP contribution in [0.4, 0.5) is 13.2 Å². The largest absolute Gasteiger partial charge is 0.464 e. The Bertz CT molecular complexity index is 372. The summed E-state index contributed by atoms with van der Waals surface area (Å²) >= 11 is 0. The van der Waals surface area contributed by atoms with Gasteiger partial charge in [-0.1, -0.05) is 5.92 Å². The highest BCUT2D eigenvalue weighted by atomic mass is 19.4. The monoisotopic (exact) mass is 215 g/mol. The molecule has 1 aromatic heterocycles. The van der Waals surface area contributed by atoms with E-state index in [1.807, 2.05) is 0 Å². The fraction of sp³-hybridized carbons (Fsp3) is 0.300. The third kappa shape index (κ3) is 3.50. The molecule has 1 rings (SSSR count). The molecule has 2 nitrogen and oxygen atoms in total. The van der Waals surface area contributed by atoms with Gasteiger partial charge in [-0.3, -0.25) is 0 Å². The second-order valence-corrected chi connectivity index (χ2v) is 2.60. The van der Waals surface area contributed by atoms with Gasteiger partial charge < -0.3 is 4.74 Å². The summed E-state index contributed by atoms with van der Waals surface area (Å²) in [5, 5.41) is 0. The van der Waals surface area contributed by atoms with Gasteiger partial charge in [-0.05, 0) is 13.0 Å². The summed E-state index contributed by atoms with van der Waals surface area (Å²) in [5.74, 6) is 5.33. The van der Waals surface area contributed by atoms with Gasteiger partial charge in [0.1, 0.15) is 0 Å². The van der Waals surface area contributed by atoms with E-state index in [0.717, 1.165) is 12.3 Å². The van der Waals surface area contributed by atoms with Gasteiger partial charge in [0.15, 0.2) is 6.61 Å². The van der Waals surface area contributed by atoms with E-state index in [1.165, 1.54) is 6.07 Å². The van der Waals surface area contributed by atoms with Crippen LogP contribution in [0.1, 0.15) is 12.5 Å². The third-order valence-electron chi connectivity index (χ3n) is 1.53. The molecule has 0 aliphatic rings. The lowest BCUT2D eigenvalue weighted by Gasteiger charge is -2.06. The topological polar surface area (TPSA) is 22.1 Å². The fourth-order valence-corrected chi connectivity index (χ4v) is 0.816. The first-order valence-electron chi connectivity index (χ1n) is 4.09. The zero-order chi connectivity index (χ0) is 11.3. The quantitative estimate of drug-likeness (QED) is 0.707. The summed E-state index contributed by atoms with van der Waals surface area (Å²) in [5.41, 5.74) is -0.795. The minimum atomic E-state index is -4.37. The number of nitrogens with zero attached hydrogens (tertiary/aromatic N) is 1. The molecule has 0 bridgehead atoms. The van der Waals surface area contributed by atoms with Crippen molar-refractivity contribution in [1.29, 1.82) is 0 Å². The van der Waals surface area contributed by atoms with E-state index in [1.54, 1.807) is 6.92 Å². The smallest absolute Gasteiger partial charge is 0.417 e. The van der Waals surface area contributed by atoms with E-state index >= 15 is 0 Å². The molecule has 0 aromatic carbocycles. The lowest BCUT2D eigenvalue weighted by molar-refractivity contribution is -0.137. The first-order chi connectivity index (χ1) is 7.04. The molecule has 5 heteroatoms. The predicted octanol–water partition coefficient (Wildman–Crippen LogP) is 2.50. The second kappa shape index (κ2) is 4.69. The van der Waals surface area contributed by atoms with E-state index in [0.29, 0.717) is 0 Å². The van der Waals surface area contributed by atoms with E-state index in [4.69, 9.17) is 4.74 Å². The molecule has 0 aliphatic carbocycles. The summed E-state index contributed by atoms with van der Waals surface area (Å²) in [6.07, 6.45) is -3.64. The number of aromatic nitrogens is 1. The van der Waals surface area contributed by atoms with Crippen LogP contribution in [0.15, 0.2) is 18.3 Å². The molecular formula is C10H8F3NO. The minimum Gasteiger partial charge on any atom is -0.464 e. The minimum absolute atomic E-state index is 0.120. The average Bonchev–Trinajstić information content (AvgIpc) is 2.18. The average molecular weight is 215 g/mol. The Morgan fingerprint density at radius 3 is 2.60 bits per heavy atom. The third-order valence-corrected chi connectivity index (χ3v) is 1.53. The molecule has 0 unspecified atom stereocenters. The Morgan fingerprint density at radius 2 is 2.13 bits per heavy atom. The van der Waals surface area contributed by atoms with Gasteiger partial charge >= 0.3 is 6.18 Å². The van der Waals surface area contributed by atoms with Crippen molar-refractivity contribution in [2.75, 3.05) is 6.61 Å². The van der Waals surface area contributed by atoms with Crippen molar-refractivity contribution in [3.05, 3.63) is 23.9 Å². The number of hydrogen-bond acceptors (Lipinski definition) is 2. The van der Waals surface area contributed by atoms with Crippen LogP contribution in [0.25, 0.3) is 0 Å². The van der Waals surface area contributed by atoms with Crippen molar-refractivity contribution >= 4 is 0 Å². The highest BCUT2D eigenvalue weighted by Gasteiger charge is 2.30. The second-order valence-electron chi connectivity index (χ2n) is 2.60. The summed E-state index contributed by atoms with van der Waals surface area (Å²) in [7, 11) is 0. The Morgan fingerprint density at radius 1 is 1.40 bits per heavy atom. The van der Waals surface area contributed by atoms with Crippen molar-refractivity contribution < 1.29 is 17.9 Å². The van der Waals surface area contributed by atoms with E-state index in [-0.39, 0.29) is 12.5 Å². The van der Waals surface area contributed by atoms with Crippen LogP contribution in [0, 0.1) is 11.8 Å². The van der Waals surface area contributed by atoms with Crippen molar-refractivity contribution in [1.82, 2.24) is 4.98 Å². The fourth-order valence-electron chi connectivity index (χ4n) is 0.816. The molecule has 80 valence electrons. The molecule has 0 radical (unpaired) electrons. The molecule has 0 aliphatic heterocycles. The molecule has 0 saturated carbocycles. The van der Waals surface area contributed by atoms with E-state index < -0.39 is 11.7 Å². The van der Waals surface area contributed by atoms with Gasteiger partial charge in [0, 0.05) is 12.3 Å². The Labute approximate surface area is 85.1 Å². The van der Waals surface area contributed by atoms with Gasteiger partial charge in [0.05, 0.1) is 5.56 Å². The SMILES string of the molecule is CC#CCOc1ccc(C(F)(F)F)cn1. The molecule has 1 aromatic rings. The van der Waals surface area contributed by atoms with Crippen LogP contribution in [-0.2, 0) is 6.18 Å². The van der Waals surface area contributed by atoms with Crippen LogP contribution in [0.5, 0.6) is 5.88 Å². The highest BCUT2D eigenvalue weighted by Crippen LogP contribution is 2.29. The maximum Gasteiger partial charge on any atom is 0.417 e. The summed E-state index contributed by atoms with van der Waals surface area (Å²) < 4.78 is 41.3. The molecule has 0 amide bonds. The van der Waals surface area contributed by atoms with Gasteiger partial charge in [0.25, 0.3) is 0 Å². The number of ether oxygens (including phenoxy) is 1. The van der Waals surface area contributed by atoms with Gasteiger partial charge in [-0.15, -0.1) is 5.92 Å². The summed E-state index contributed by atoms with van der Waals surface area (Å²) in [6, 6.07) is 2.09. The van der Waals surface area contributed by atoms with E-state index in [2.05, 4.69) is 16.8 Å². The molecule has 0 N–H and O–H groups in total. The van der Waals surface area contributed by atoms with Gasteiger partial charge in [-0.2, -0.15) is 13.2 Å². The molecule has 0 fully saturated rings. The van der Waals surface area contributed by atoms with Crippen LogP contribution in [-0.4, -0.2) is 11.6 Å². The molecule has 0 saturated heterocycles. The normalized spacial score (nSPS) is 10.4. The van der Waals surface area contributed by atoms with E-state index in [9.17, 15) is 13.2 Å². The summed E-state index contributed by atoms with van der Waals surface area (Å²) in [4.78, 5) is 3.51. The van der Waals surface area contributed by atoms with Crippen molar-refractivity contribution in [3.8, 4) is 17.7 Å². The maximum atomic E-state index is 12.1. The van der Waals surface area contributed by atoms with Gasteiger partial charge in [-0.25, -0.2) is 4.98 Å². The Kier molecular flexibility index (Phi) is 3.56. The Hall–Kier alpha value is -1.70. The number of halogens is 3. The first kappa shape index (κ1) is 11.4. The van der Waals surface area contributed by atoms with Crippen LogP contribution < -0.4 is 4.74 Å². The number of rotatable bonds is 2. The lowest BCUT2D eigenvalue weighted by atomic mass is 10.3. The maximum absolute atomic E-state index is 12.1. The van der Waals surface area contributed by atoms with Gasteiger partial charge in [0.2, 0.25) is 5.88 Å². The molecular weight excluding hydrogens is 207 g/mol. The standard InChI is InChI=1S/C10H8F3NO/c1-2-3-6-15-9-5-4-8(7-14-9)10(11,12)13/h4-5,7H,6H2,1H3. The zero-order valence-corrected chi connectivity index (χ0v) is 7.93. The number of alkyl halides is 3.